The van der Waals surface area contributed by atoms with E-state index in [1.165, 1.54) is 64.2 Å². The molecule has 0 saturated carbocycles. The number of carbonyl (C=O) groups excluding carboxylic acids is 1. The first-order valence-electron chi connectivity index (χ1n) is 17.5. The minimum Gasteiger partial charge on any atom is -0.391 e. The lowest BCUT2D eigenvalue weighted by molar-refractivity contribution is -0.123. The van der Waals surface area contributed by atoms with Crippen LogP contribution in [0.2, 0.25) is 0 Å². The predicted molar refractivity (Wildman–Crippen MR) is 180 cm³/mol. The van der Waals surface area contributed by atoms with Crippen molar-refractivity contribution in [3.05, 3.63) is 24.3 Å². The van der Waals surface area contributed by atoms with Gasteiger partial charge in [0, 0.05) is 13.0 Å². The third-order valence-corrected chi connectivity index (χ3v) is 8.54. The highest BCUT2D eigenvalue weighted by molar-refractivity contribution is 7.47. The lowest BCUT2D eigenvalue weighted by Gasteiger charge is -2.25. The van der Waals surface area contributed by atoms with Crippen LogP contribution in [0.3, 0.4) is 0 Å². The average molecular weight is 631 g/mol. The number of hydrogen-bond acceptors (Lipinski definition) is 6. The summed E-state index contributed by atoms with van der Waals surface area (Å²) in [4.78, 5) is 22.5. The van der Waals surface area contributed by atoms with E-state index in [0.717, 1.165) is 64.2 Å². The van der Waals surface area contributed by atoms with E-state index in [9.17, 15) is 19.4 Å². The second kappa shape index (κ2) is 31.0. The second-order valence-electron chi connectivity index (χ2n) is 11.7. The van der Waals surface area contributed by atoms with Crippen LogP contribution in [0.5, 0.6) is 0 Å². The smallest absolute Gasteiger partial charge is 0.391 e. The van der Waals surface area contributed by atoms with Crippen LogP contribution in [0.1, 0.15) is 155 Å². The van der Waals surface area contributed by atoms with E-state index in [-0.39, 0.29) is 25.7 Å². The third kappa shape index (κ3) is 29.5. The monoisotopic (exact) mass is 630 g/mol. The van der Waals surface area contributed by atoms with Crippen molar-refractivity contribution in [3.8, 4) is 0 Å². The zero-order chi connectivity index (χ0) is 31.9. The van der Waals surface area contributed by atoms with Gasteiger partial charge < -0.3 is 21.1 Å². The summed E-state index contributed by atoms with van der Waals surface area (Å²) >= 11 is 0. The fraction of sp³-hybridized carbons (Fsp3) is 0.853. The maximum atomic E-state index is 12.6. The van der Waals surface area contributed by atoms with Gasteiger partial charge in [0.05, 0.1) is 25.4 Å². The van der Waals surface area contributed by atoms with Gasteiger partial charge in [-0.1, -0.05) is 134 Å². The molecule has 254 valence electrons. The van der Waals surface area contributed by atoms with E-state index in [1.807, 2.05) is 0 Å². The number of aliphatic hydroxyl groups excluding tert-OH is 1. The molecule has 0 aromatic heterocycles. The number of unbranched alkanes of at least 4 members (excludes halogenated alkanes) is 16. The number of carbonyl (C=O) groups is 1. The second-order valence-corrected chi connectivity index (χ2v) is 13.2. The molecule has 0 aliphatic rings. The highest BCUT2D eigenvalue weighted by Gasteiger charge is 2.27. The van der Waals surface area contributed by atoms with Gasteiger partial charge in [-0.05, 0) is 38.5 Å². The standard InChI is InChI=1S/C34H67N2O6P/c1-3-5-7-9-11-13-15-16-17-18-20-22-24-26-28-34(38)36-32(31-42-43(39,40)41-30-29-35)33(37)27-25-23-21-19-14-12-10-8-6-4-2/h9,11,15-16,32-33,37H,3-8,10,12-14,17-31,35H2,1-2H3,(H,36,38)(H,39,40)/b11-9-,16-15-. The molecule has 0 radical (unpaired) electrons. The van der Waals surface area contributed by atoms with Crippen LogP contribution < -0.4 is 11.1 Å². The number of amides is 1. The van der Waals surface area contributed by atoms with Gasteiger partial charge >= 0.3 is 7.82 Å². The van der Waals surface area contributed by atoms with Gasteiger partial charge in [-0.2, -0.15) is 0 Å². The third-order valence-electron chi connectivity index (χ3n) is 7.56. The summed E-state index contributed by atoms with van der Waals surface area (Å²) in [6, 6.07) is -0.777. The van der Waals surface area contributed by atoms with Crippen LogP contribution in [0, 0.1) is 0 Å². The average Bonchev–Trinajstić information content (AvgIpc) is 2.99. The first-order chi connectivity index (χ1) is 20.9. The van der Waals surface area contributed by atoms with Gasteiger partial charge in [0.15, 0.2) is 0 Å². The van der Waals surface area contributed by atoms with Gasteiger partial charge in [-0.15, -0.1) is 0 Å². The van der Waals surface area contributed by atoms with Crippen LogP contribution in [-0.2, 0) is 18.4 Å². The summed E-state index contributed by atoms with van der Waals surface area (Å²) in [5, 5.41) is 13.6. The molecule has 3 unspecified atom stereocenters. The molecule has 1 amide bonds. The molecule has 0 saturated heterocycles. The molecule has 8 nitrogen and oxygen atoms in total. The molecule has 0 aromatic carbocycles. The van der Waals surface area contributed by atoms with Crippen molar-refractivity contribution in [1.29, 1.82) is 0 Å². The fourth-order valence-corrected chi connectivity index (χ4v) is 5.62. The maximum Gasteiger partial charge on any atom is 0.472 e. The van der Waals surface area contributed by atoms with Gasteiger partial charge in [-0.25, -0.2) is 4.57 Å². The summed E-state index contributed by atoms with van der Waals surface area (Å²) in [5.41, 5.74) is 5.34. The van der Waals surface area contributed by atoms with E-state index >= 15 is 0 Å². The van der Waals surface area contributed by atoms with Crippen molar-refractivity contribution in [2.75, 3.05) is 19.8 Å². The number of phosphoric ester groups is 1. The van der Waals surface area contributed by atoms with Crippen LogP contribution in [0.4, 0.5) is 0 Å². The lowest BCUT2D eigenvalue weighted by atomic mass is 10.0. The Morgan fingerprint density at radius 2 is 1.30 bits per heavy atom. The number of aliphatic hydroxyl groups is 1. The Labute approximate surface area is 264 Å². The van der Waals surface area contributed by atoms with E-state index < -0.39 is 20.0 Å². The van der Waals surface area contributed by atoms with Crippen molar-refractivity contribution in [2.24, 2.45) is 5.73 Å². The predicted octanol–water partition coefficient (Wildman–Crippen LogP) is 8.66. The van der Waals surface area contributed by atoms with Crippen LogP contribution in [-0.4, -0.2) is 47.8 Å². The first kappa shape index (κ1) is 42.0. The van der Waals surface area contributed by atoms with Gasteiger partial charge in [0.2, 0.25) is 5.91 Å². The number of allylic oxidation sites excluding steroid dienone is 4. The molecule has 0 heterocycles. The molecule has 9 heteroatoms. The Hall–Kier alpha value is -1.02. The summed E-state index contributed by atoms with van der Waals surface area (Å²) in [6.45, 7) is 4.11. The summed E-state index contributed by atoms with van der Waals surface area (Å²) < 4.78 is 22.0. The molecule has 0 aliphatic heterocycles. The zero-order valence-corrected chi connectivity index (χ0v) is 28.6. The van der Waals surface area contributed by atoms with E-state index in [0.29, 0.717) is 12.8 Å². The first-order valence-corrected chi connectivity index (χ1v) is 18.9. The number of phosphoric acid groups is 1. The molecule has 0 aromatic rings. The zero-order valence-electron chi connectivity index (χ0n) is 27.7. The Morgan fingerprint density at radius 1 is 0.767 bits per heavy atom. The van der Waals surface area contributed by atoms with Gasteiger partial charge in [0.1, 0.15) is 0 Å². The molecule has 0 rings (SSSR count). The minimum absolute atomic E-state index is 0.0862. The Kier molecular flexibility index (Phi) is 30.2. The Morgan fingerprint density at radius 3 is 1.91 bits per heavy atom. The van der Waals surface area contributed by atoms with E-state index in [1.54, 1.807) is 0 Å². The maximum absolute atomic E-state index is 12.6. The number of nitrogens with one attached hydrogen (secondary N) is 1. The Bertz CT molecular complexity index is 734. The lowest BCUT2D eigenvalue weighted by Crippen LogP contribution is -2.46. The van der Waals surface area contributed by atoms with Crippen molar-refractivity contribution in [2.45, 2.75) is 167 Å². The van der Waals surface area contributed by atoms with Crippen LogP contribution >= 0.6 is 7.82 Å². The topological polar surface area (TPSA) is 131 Å². The SMILES string of the molecule is CCCC/C=C\C/C=C\CCCCCCCC(=O)NC(COP(=O)(O)OCCN)C(O)CCCCCCCCCCCC. The molecule has 0 spiro atoms. The van der Waals surface area contributed by atoms with Gasteiger partial charge in [-0.3, -0.25) is 13.8 Å². The normalized spacial score (nSPS) is 14.8. The number of hydrogen-bond donors (Lipinski definition) is 4. The molecule has 0 aliphatic carbocycles. The highest BCUT2D eigenvalue weighted by atomic mass is 31.2. The molecule has 0 fully saturated rings. The molecule has 3 atom stereocenters. The summed E-state index contributed by atoms with van der Waals surface area (Å²) in [7, 11) is -4.30. The molecule has 43 heavy (non-hydrogen) atoms. The quantitative estimate of drug-likeness (QED) is 0.0332. The fourth-order valence-electron chi connectivity index (χ4n) is 4.86. The van der Waals surface area contributed by atoms with Crippen molar-refractivity contribution in [3.63, 3.8) is 0 Å². The molecular formula is C34H67N2O6P. The number of nitrogens with two attached hydrogens (primary N) is 1. The van der Waals surface area contributed by atoms with E-state index in [4.69, 9.17) is 14.8 Å². The van der Waals surface area contributed by atoms with Crippen LogP contribution in [0.25, 0.3) is 0 Å². The van der Waals surface area contributed by atoms with Gasteiger partial charge in [0.25, 0.3) is 0 Å². The summed E-state index contributed by atoms with van der Waals surface area (Å²) in [5.74, 6) is -0.179. The molecule has 0 bridgehead atoms. The summed E-state index contributed by atoms with van der Waals surface area (Å²) in [6.07, 6.45) is 31.8. The van der Waals surface area contributed by atoms with Crippen molar-refractivity contribution >= 4 is 13.7 Å². The minimum atomic E-state index is -4.30. The highest BCUT2D eigenvalue weighted by Crippen LogP contribution is 2.43. The number of rotatable bonds is 32. The van der Waals surface area contributed by atoms with Crippen LogP contribution in [0.15, 0.2) is 24.3 Å². The largest absolute Gasteiger partial charge is 0.472 e. The molecular weight excluding hydrogens is 563 g/mol. The van der Waals surface area contributed by atoms with Crippen molar-refractivity contribution < 1.29 is 28.4 Å². The van der Waals surface area contributed by atoms with E-state index in [2.05, 4.69) is 43.5 Å². The Balaban J connectivity index is 4.32. The molecule has 5 N–H and O–H groups in total. The van der Waals surface area contributed by atoms with Crippen molar-refractivity contribution in [1.82, 2.24) is 5.32 Å².